The number of ether oxygens (including phenoxy) is 14. The van der Waals surface area contributed by atoms with Crippen molar-refractivity contribution in [2.24, 2.45) is 22.9 Å². The number of likely N-dealkylation sites (N-methyl/N-ethyl adjacent to an activating group) is 1. The molecule has 85 heavy (non-hydrogen) atoms. The van der Waals surface area contributed by atoms with Crippen LogP contribution >= 0.6 is 0 Å². The van der Waals surface area contributed by atoms with Crippen LogP contribution in [-0.2, 0) is 95.7 Å². The first-order valence-corrected chi connectivity index (χ1v) is 28.6. The summed E-state index contributed by atoms with van der Waals surface area (Å²) in [6.07, 6.45) is -16.9. The molecule has 0 spiro atoms. The average Bonchev–Trinajstić information content (AvgIpc) is 2.07. The van der Waals surface area contributed by atoms with Crippen LogP contribution in [0.2, 0.25) is 0 Å². The topological polar surface area (TPSA) is 284 Å². The Kier molecular flexibility index (Phi) is 22.1. The maximum atomic E-state index is 15.1. The van der Waals surface area contributed by atoms with Crippen LogP contribution in [0.1, 0.15) is 112 Å². The summed E-state index contributed by atoms with van der Waals surface area (Å²) < 4.78 is 87.0. The SMILES string of the molecule is CC[C@H]1OC(=O)[C@H](C)[C@@H](O[C@H]2C[C@@](C)(OC)[C@@H](OC(=O)OCc3ccccc3)[C@H](C)O2)[C@H](C)[C@@H](O[C@@H]2O[C@H](C)C[C@H](N(C)C(=O)OCc3ccccc3)[C@H]2OC(=O)OCc2ccccc2)[C@@](C)(C[C@@H](C)N=[N+]=[N-])OC(=O)[C@H](C)[C@H]2OC(=O)O[C@@]21C. The van der Waals surface area contributed by atoms with Gasteiger partial charge in [-0.2, -0.15) is 0 Å². The number of carbonyl (C=O) groups is 6. The van der Waals surface area contributed by atoms with E-state index in [9.17, 15) is 24.7 Å². The van der Waals surface area contributed by atoms with E-state index in [1.807, 2.05) is 24.3 Å². The number of hydrogen-bond acceptors (Lipinski definition) is 21. The predicted molar refractivity (Wildman–Crippen MR) is 299 cm³/mol. The lowest BCUT2D eigenvalue weighted by Gasteiger charge is -2.50. The van der Waals surface area contributed by atoms with E-state index in [0.717, 1.165) is 5.56 Å². The zero-order chi connectivity index (χ0) is 61.8. The van der Waals surface area contributed by atoms with Crippen LogP contribution in [-0.4, -0.2) is 146 Å². The highest BCUT2D eigenvalue weighted by atomic mass is 16.8. The molecule has 4 aliphatic rings. The molecule has 0 bridgehead atoms. The Bertz CT molecular complexity index is 2800. The first-order valence-electron chi connectivity index (χ1n) is 28.6. The molecule has 1 amide bonds. The first-order chi connectivity index (χ1) is 40.4. The van der Waals surface area contributed by atoms with Gasteiger partial charge in [0, 0.05) is 37.4 Å². The van der Waals surface area contributed by atoms with E-state index >= 15 is 9.59 Å². The van der Waals surface area contributed by atoms with E-state index in [4.69, 9.17) is 66.3 Å². The Balaban J connectivity index is 1.32. The minimum atomic E-state index is -1.96. The van der Waals surface area contributed by atoms with Crippen molar-refractivity contribution in [3.8, 4) is 0 Å². The molecular formula is C61H80N4O20. The van der Waals surface area contributed by atoms with Gasteiger partial charge < -0.3 is 71.2 Å². The number of rotatable bonds is 18. The van der Waals surface area contributed by atoms with Gasteiger partial charge in [-0.15, -0.1) is 0 Å². The van der Waals surface area contributed by atoms with Crippen LogP contribution in [0.25, 0.3) is 10.4 Å². The third kappa shape index (κ3) is 16.0. The maximum absolute atomic E-state index is 15.1. The van der Waals surface area contributed by atoms with Gasteiger partial charge in [0.15, 0.2) is 36.5 Å². The molecule has 0 unspecified atom stereocenters. The number of nitrogens with zero attached hydrogens (tertiary/aromatic N) is 4. The zero-order valence-electron chi connectivity index (χ0n) is 50.2. The van der Waals surface area contributed by atoms with Crippen molar-refractivity contribution in [1.82, 2.24) is 4.90 Å². The summed E-state index contributed by atoms with van der Waals surface area (Å²) in [6, 6.07) is 25.0. The smallest absolute Gasteiger partial charge is 0.458 e. The highest BCUT2D eigenvalue weighted by Crippen LogP contribution is 2.45. The van der Waals surface area contributed by atoms with Gasteiger partial charge in [-0.25, -0.2) is 19.2 Å². The molecule has 0 aliphatic carbocycles. The second-order valence-electron chi connectivity index (χ2n) is 22.9. The zero-order valence-corrected chi connectivity index (χ0v) is 50.2. The first kappa shape index (κ1) is 65.3. The fourth-order valence-corrected chi connectivity index (χ4v) is 11.8. The second kappa shape index (κ2) is 28.8. The molecule has 3 aromatic carbocycles. The number of cyclic esters (lactones) is 2. The van der Waals surface area contributed by atoms with E-state index in [1.165, 1.54) is 39.8 Å². The summed E-state index contributed by atoms with van der Waals surface area (Å²) in [5.74, 6) is -5.53. The molecule has 3 aromatic rings. The number of benzene rings is 3. The predicted octanol–water partition coefficient (Wildman–Crippen LogP) is 10.4. The lowest BCUT2D eigenvalue weighted by atomic mass is 9.78. The fraction of sp³-hybridized carbons (Fsp3) is 0.607. The van der Waals surface area contributed by atoms with E-state index in [1.54, 1.807) is 115 Å². The summed E-state index contributed by atoms with van der Waals surface area (Å²) in [7, 11) is 2.91. The standard InChI is InChI=1S/C61H80N4O20/c1-13-45-61(10)50(82-58(71)85-61)39(6)53(67)84-60(9,30-35(2)63-64-62)49(37(4)47(38(5)52(66)78-45)79-46-31-59(8,72-12)51(40(7)77-46)83-57(70)75-34-43-27-21-16-22-28-43)81-54-48(80-56(69)74-33-42-25-19-15-20-26-42)44(29-36(3)76-54)65(11)55(68)73-32-41-23-17-14-18-24-41/h14-28,35-40,44-51,54H,13,29-34H2,1-12H3/t35-,36-,37+,38-,39-,40+,44+,45-,46+,47+,48-,49-,50-,51+,54+,59-,60-,61-/m1/s1. The summed E-state index contributed by atoms with van der Waals surface area (Å²) in [5, 5.41) is 3.97. The fourth-order valence-electron chi connectivity index (χ4n) is 11.8. The van der Waals surface area contributed by atoms with Gasteiger partial charge >= 0.3 is 36.5 Å². The molecule has 0 aromatic heterocycles. The number of esters is 2. The van der Waals surface area contributed by atoms with Gasteiger partial charge in [-0.3, -0.25) is 9.59 Å². The van der Waals surface area contributed by atoms with Gasteiger partial charge in [0.05, 0.1) is 36.2 Å². The second-order valence-corrected chi connectivity index (χ2v) is 22.9. The number of amides is 1. The molecule has 4 heterocycles. The number of carbonyl (C=O) groups excluding carboxylic acids is 6. The highest BCUT2D eigenvalue weighted by Gasteiger charge is 2.61. The van der Waals surface area contributed by atoms with Gasteiger partial charge in [-0.1, -0.05) is 117 Å². The Morgan fingerprint density at radius 1 is 0.729 bits per heavy atom. The van der Waals surface area contributed by atoms with Gasteiger partial charge in [-0.05, 0) is 90.0 Å². The molecule has 4 aliphatic heterocycles. The van der Waals surface area contributed by atoms with Crippen LogP contribution in [0.4, 0.5) is 19.2 Å². The van der Waals surface area contributed by atoms with E-state index in [-0.39, 0.29) is 45.5 Å². The summed E-state index contributed by atoms with van der Waals surface area (Å²) in [4.78, 5) is 89.2. The van der Waals surface area contributed by atoms with Gasteiger partial charge in [0.1, 0.15) is 43.2 Å². The van der Waals surface area contributed by atoms with Crippen LogP contribution < -0.4 is 0 Å². The minimum Gasteiger partial charge on any atom is -0.458 e. The number of azide groups is 1. The molecular weight excluding hydrogens is 1110 g/mol. The largest absolute Gasteiger partial charge is 0.509 e. The van der Waals surface area contributed by atoms with Crippen LogP contribution in [0.3, 0.4) is 0 Å². The van der Waals surface area contributed by atoms with Crippen molar-refractivity contribution in [3.63, 3.8) is 0 Å². The Morgan fingerprint density at radius 3 is 1.85 bits per heavy atom. The van der Waals surface area contributed by atoms with Crippen molar-refractivity contribution in [1.29, 1.82) is 0 Å². The van der Waals surface area contributed by atoms with Crippen molar-refractivity contribution in [2.45, 2.75) is 205 Å². The molecule has 24 nitrogen and oxygen atoms in total. The summed E-state index contributed by atoms with van der Waals surface area (Å²) >= 11 is 0. The Morgan fingerprint density at radius 2 is 1.29 bits per heavy atom. The molecule has 24 heteroatoms. The van der Waals surface area contributed by atoms with Crippen molar-refractivity contribution in [2.75, 3.05) is 14.2 Å². The molecule has 4 fully saturated rings. The number of fused-ring (bicyclic) bond motifs is 1. The molecule has 7 rings (SSSR count). The maximum Gasteiger partial charge on any atom is 0.509 e. The van der Waals surface area contributed by atoms with Gasteiger partial charge in [0.25, 0.3) is 0 Å². The summed E-state index contributed by atoms with van der Waals surface area (Å²) in [6.45, 7) is 15.7. The Labute approximate surface area is 495 Å². The third-order valence-corrected chi connectivity index (χ3v) is 16.4. The monoisotopic (exact) mass is 1190 g/mol. The van der Waals surface area contributed by atoms with E-state index < -0.39 is 145 Å². The normalized spacial score (nSPS) is 33.6. The average molecular weight is 1190 g/mol. The third-order valence-electron chi connectivity index (χ3n) is 16.4. The van der Waals surface area contributed by atoms with Crippen molar-refractivity contribution in [3.05, 3.63) is 118 Å². The molecule has 464 valence electrons. The molecule has 0 saturated carbocycles. The van der Waals surface area contributed by atoms with Crippen LogP contribution in [0, 0.1) is 17.8 Å². The quantitative estimate of drug-likeness (QED) is 0.0376. The molecule has 4 saturated heterocycles. The highest BCUT2D eigenvalue weighted by molar-refractivity contribution is 5.76. The van der Waals surface area contributed by atoms with E-state index in [2.05, 4.69) is 10.0 Å². The molecule has 18 atom stereocenters. The van der Waals surface area contributed by atoms with Crippen LogP contribution in [0.5, 0.6) is 0 Å². The minimum absolute atomic E-state index is 0.0640. The number of hydrogen-bond donors (Lipinski definition) is 0. The van der Waals surface area contributed by atoms with Crippen molar-refractivity contribution < 1.29 is 95.1 Å². The molecule has 0 radical (unpaired) electrons. The van der Waals surface area contributed by atoms with Gasteiger partial charge in [0.2, 0.25) is 0 Å². The van der Waals surface area contributed by atoms with Crippen LogP contribution in [0.15, 0.2) is 96.1 Å². The van der Waals surface area contributed by atoms with E-state index in [0.29, 0.717) is 11.1 Å². The lowest BCUT2D eigenvalue weighted by molar-refractivity contribution is -0.319. The lowest BCUT2D eigenvalue weighted by Crippen LogP contribution is -2.62. The molecule has 0 N–H and O–H groups in total. The Hall–Kier alpha value is -7.21. The van der Waals surface area contributed by atoms with Crippen molar-refractivity contribution >= 4 is 36.5 Å². The number of methoxy groups -OCH3 is 1. The summed E-state index contributed by atoms with van der Waals surface area (Å²) in [5.41, 5.74) is 6.90.